The van der Waals surface area contributed by atoms with Gasteiger partial charge in [0.2, 0.25) is 0 Å². The standard InChI is InChI=1S/C13H24N2S/c1-5-12(15(3)4)10-14-11(2)9-13-7-6-8-16-13/h6-8,11-12,14H,5,9-10H2,1-4H3. The van der Waals surface area contributed by atoms with E-state index < -0.39 is 0 Å². The monoisotopic (exact) mass is 240 g/mol. The fourth-order valence-electron chi connectivity index (χ4n) is 1.83. The molecule has 92 valence electrons. The molecule has 0 aliphatic rings. The van der Waals surface area contributed by atoms with Crippen LogP contribution in [0.1, 0.15) is 25.1 Å². The van der Waals surface area contributed by atoms with Gasteiger partial charge in [-0.2, -0.15) is 0 Å². The Morgan fingerprint density at radius 3 is 2.69 bits per heavy atom. The second kappa shape index (κ2) is 7.05. The van der Waals surface area contributed by atoms with Crippen molar-refractivity contribution in [3.8, 4) is 0 Å². The third kappa shape index (κ3) is 4.64. The highest BCUT2D eigenvalue weighted by Crippen LogP contribution is 2.11. The number of thiophene rings is 1. The molecule has 1 N–H and O–H groups in total. The molecule has 0 bridgehead atoms. The lowest BCUT2D eigenvalue weighted by Gasteiger charge is -2.25. The van der Waals surface area contributed by atoms with Crippen LogP contribution in [-0.2, 0) is 6.42 Å². The molecule has 2 atom stereocenters. The first kappa shape index (κ1) is 13.7. The summed E-state index contributed by atoms with van der Waals surface area (Å²) in [5.74, 6) is 0. The van der Waals surface area contributed by atoms with Gasteiger partial charge in [-0.25, -0.2) is 0 Å². The molecule has 1 aromatic rings. The van der Waals surface area contributed by atoms with Gasteiger partial charge in [0.1, 0.15) is 0 Å². The molecule has 0 radical (unpaired) electrons. The largest absolute Gasteiger partial charge is 0.312 e. The highest BCUT2D eigenvalue weighted by molar-refractivity contribution is 7.09. The summed E-state index contributed by atoms with van der Waals surface area (Å²) in [4.78, 5) is 3.77. The van der Waals surface area contributed by atoms with Crippen molar-refractivity contribution in [2.45, 2.75) is 38.8 Å². The number of hydrogen-bond donors (Lipinski definition) is 1. The third-order valence-corrected chi connectivity index (χ3v) is 3.89. The Balaban J connectivity index is 2.26. The first-order chi connectivity index (χ1) is 7.63. The molecule has 16 heavy (non-hydrogen) atoms. The van der Waals surface area contributed by atoms with E-state index in [2.05, 4.69) is 55.7 Å². The van der Waals surface area contributed by atoms with Gasteiger partial charge in [0.25, 0.3) is 0 Å². The molecule has 0 aliphatic carbocycles. The molecule has 0 fully saturated rings. The maximum absolute atomic E-state index is 3.62. The lowest BCUT2D eigenvalue weighted by atomic mass is 10.1. The van der Waals surface area contributed by atoms with Gasteiger partial charge >= 0.3 is 0 Å². The molecular weight excluding hydrogens is 216 g/mol. The minimum absolute atomic E-state index is 0.563. The molecular formula is C13H24N2S. The summed E-state index contributed by atoms with van der Waals surface area (Å²) in [6.45, 7) is 5.59. The molecule has 2 unspecified atom stereocenters. The van der Waals surface area contributed by atoms with Crippen LogP contribution in [0.2, 0.25) is 0 Å². The Kier molecular flexibility index (Phi) is 6.03. The number of nitrogens with one attached hydrogen (secondary N) is 1. The highest BCUT2D eigenvalue weighted by Gasteiger charge is 2.10. The zero-order valence-corrected chi connectivity index (χ0v) is 11.7. The molecule has 0 saturated heterocycles. The van der Waals surface area contributed by atoms with Crippen LogP contribution in [-0.4, -0.2) is 37.6 Å². The topological polar surface area (TPSA) is 15.3 Å². The minimum atomic E-state index is 0.563. The molecule has 1 rings (SSSR count). The van der Waals surface area contributed by atoms with Crippen molar-refractivity contribution in [1.29, 1.82) is 0 Å². The molecule has 0 saturated carbocycles. The van der Waals surface area contributed by atoms with E-state index in [1.54, 1.807) is 0 Å². The Morgan fingerprint density at radius 2 is 2.19 bits per heavy atom. The molecule has 1 heterocycles. The van der Waals surface area contributed by atoms with Gasteiger partial charge in [0.05, 0.1) is 0 Å². The smallest absolute Gasteiger partial charge is 0.0212 e. The fraction of sp³-hybridized carbons (Fsp3) is 0.692. The van der Waals surface area contributed by atoms with E-state index >= 15 is 0 Å². The van der Waals surface area contributed by atoms with Gasteiger partial charge in [0.15, 0.2) is 0 Å². The summed E-state index contributed by atoms with van der Waals surface area (Å²) in [6.07, 6.45) is 2.34. The van der Waals surface area contributed by atoms with Crippen molar-refractivity contribution >= 4 is 11.3 Å². The number of likely N-dealkylation sites (N-methyl/N-ethyl adjacent to an activating group) is 1. The maximum Gasteiger partial charge on any atom is 0.0212 e. The molecule has 0 aromatic carbocycles. The Morgan fingerprint density at radius 1 is 1.44 bits per heavy atom. The highest BCUT2D eigenvalue weighted by atomic mass is 32.1. The summed E-state index contributed by atoms with van der Waals surface area (Å²) >= 11 is 1.85. The van der Waals surface area contributed by atoms with Crippen LogP contribution in [0.25, 0.3) is 0 Å². The second-order valence-corrected chi connectivity index (χ2v) is 5.65. The molecule has 0 spiro atoms. The van der Waals surface area contributed by atoms with Crippen LogP contribution >= 0.6 is 11.3 Å². The van der Waals surface area contributed by atoms with E-state index in [-0.39, 0.29) is 0 Å². The zero-order valence-electron chi connectivity index (χ0n) is 10.9. The minimum Gasteiger partial charge on any atom is -0.312 e. The molecule has 1 aromatic heterocycles. The van der Waals surface area contributed by atoms with E-state index in [9.17, 15) is 0 Å². The predicted octanol–water partition coefficient (Wildman–Crippen LogP) is 2.61. The lowest BCUT2D eigenvalue weighted by Crippen LogP contribution is -2.41. The van der Waals surface area contributed by atoms with Gasteiger partial charge in [-0.1, -0.05) is 13.0 Å². The summed E-state index contributed by atoms with van der Waals surface area (Å²) < 4.78 is 0. The van der Waals surface area contributed by atoms with Crippen molar-refractivity contribution in [3.63, 3.8) is 0 Å². The summed E-state index contributed by atoms with van der Waals surface area (Å²) in [5.41, 5.74) is 0. The van der Waals surface area contributed by atoms with Crippen LogP contribution in [0.5, 0.6) is 0 Å². The van der Waals surface area contributed by atoms with Crippen LogP contribution in [0, 0.1) is 0 Å². The van der Waals surface area contributed by atoms with E-state index in [4.69, 9.17) is 0 Å². The maximum atomic E-state index is 3.62. The summed E-state index contributed by atoms with van der Waals surface area (Å²) in [5, 5.41) is 5.77. The number of nitrogens with zero attached hydrogens (tertiary/aromatic N) is 1. The van der Waals surface area contributed by atoms with Crippen LogP contribution < -0.4 is 5.32 Å². The van der Waals surface area contributed by atoms with Crippen molar-refractivity contribution in [1.82, 2.24) is 10.2 Å². The fourth-order valence-corrected chi connectivity index (χ4v) is 2.67. The Bertz CT molecular complexity index is 269. The molecule has 0 aliphatic heterocycles. The SMILES string of the molecule is CCC(CNC(C)Cc1cccs1)N(C)C. The van der Waals surface area contributed by atoms with E-state index in [0.717, 1.165) is 13.0 Å². The molecule has 3 heteroatoms. The van der Waals surface area contributed by atoms with Gasteiger partial charge < -0.3 is 10.2 Å². The van der Waals surface area contributed by atoms with Gasteiger partial charge in [-0.15, -0.1) is 11.3 Å². The van der Waals surface area contributed by atoms with Crippen LogP contribution in [0.3, 0.4) is 0 Å². The van der Waals surface area contributed by atoms with Gasteiger partial charge in [0, 0.05) is 23.5 Å². The lowest BCUT2D eigenvalue weighted by molar-refractivity contribution is 0.269. The second-order valence-electron chi connectivity index (χ2n) is 4.62. The first-order valence-electron chi connectivity index (χ1n) is 6.05. The van der Waals surface area contributed by atoms with Gasteiger partial charge in [-0.3, -0.25) is 0 Å². The normalized spacial score (nSPS) is 15.3. The Labute approximate surface area is 104 Å². The van der Waals surface area contributed by atoms with Crippen LogP contribution in [0.15, 0.2) is 17.5 Å². The zero-order chi connectivity index (χ0) is 12.0. The number of rotatable bonds is 7. The van der Waals surface area contributed by atoms with Crippen molar-refractivity contribution in [2.24, 2.45) is 0 Å². The molecule has 2 nitrogen and oxygen atoms in total. The van der Waals surface area contributed by atoms with E-state index in [1.807, 2.05) is 11.3 Å². The third-order valence-electron chi connectivity index (χ3n) is 2.99. The van der Waals surface area contributed by atoms with Crippen molar-refractivity contribution < 1.29 is 0 Å². The van der Waals surface area contributed by atoms with Crippen LogP contribution in [0.4, 0.5) is 0 Å². The van der Waals surface area contributed by atoms with E-state index in [0.29, 0.717) is 12.1 Å². The number of hydrogen-bond acceptors (Lipinski definition) is 3. The summed E-state index contributed by atoms with van der Waals surface area (Å²) in [7, 11) is 4.31. The summed E-state index contributed by atoms with van der Waals surface area (Å²) in [6, 6.07) is 5.55. The quantitative estimate of drug-likeness (QED) is 0.788. The first-order valence-corrected chi connectivity index (χ1v) is 6.93. The molecule has 0 amide bonds. The van der Waals surface area contributed by atoms with Crippen molar-refractivity contribution in [3.05, 3.63) is 22.4 Å². The predicted molar refractivity (Wildman–Crippen MR) is 73.3 cm³/mol. The van der Waals surface area contributed by atoms with E-state index in [1.165, 1.54) is 11.3 Å². The van der Waals surface area contributed by atoms with Gasteiger partial charge in [-0.05, 0) is 45.3 Å². The average molecular weight is 240 g/mol. The average Bonchev–Trinajstić information content (AvgIpc) is 2.70. The Hall–Kier alpha value is -0.380. The van der Waals surface area contributed by atoms with Crippen molar-refractivity contribution in [2.75, 3.05) is 20.6 Å².